The fourth-order valence-electron chi connectivity index (χ4n) is 2.63. The molecule has 18 heavy (non-hydrogen) atoms. The maximum atomic E-state index is 6.16. The Bertz CT molecular complexity index is 388. The third kappa shape index (κ3) is 3.26. The van der Waals surface area contributed by atoms with Crippen LogP contribution in [-0.2, 0) is 0 Å². The molecule has 0 saturated heterocycles. The van der Waals surface area contributed by atoms with Gasteiger partial charge in [-0.2, -0.15) is 0 Å². The van der Waals surface area contributed by atoms with E-state index >= 15 is 0 Å². The van der Waals surface area contributed by atoms with Crippen LogP contribution in [-0.4, -0.2) is 6.10 Å². The van der Waals surface area contributed by atoms with E-state index in [2.05, 4.69) is 19.9 Å². The molecule has 2 nitrogen and oxygen atoms in total. The summed E-state index contributed by atoms with van der Waals surface area (Å²) >= 11 is 0. The smallest absolute Gasteiger partial charge is 0.124 e. The highest BCUT2D eigenvalue weighted by atomic mass is 16.5. The minimum absolute atomic E-state index is 0.0289. The topological polar surface area (TPSA) is 35.2 Å². The van der Waals surface area contributed by atoms with E-state index in [4.69, 9.17) is 10.5 Å². The van der Waals surface area contributed by atoms with E-state index < -0.39 is 0 Å². The first-order valence-electron chi connectivity index (χ1n) is 6.99. The molecule has 0 amide bonds. The van der Waals surface area contributed by atoms with E-state index in [1.165, 1.54) is 12.8 Å². The van der Waals surface area contributed by atoms with E-state index in [1.54, 1.807) is 0 Å². The standard InChI is InChI=1S/C16H25NO/c1-12(17)14-6-4-5-7-15(14)18-13-8-10-16(2,3)11-9-13/h4-7,12-13H,8-11,17H2,1-3H3/t12-/m1/s1. The second-order valence-corrected chi connectivity index (χ2v) is 6.31. The van der Waals surface area contributed by atoms with Crippen molar-refractivity contribution in [3.63, 3.8) is 0 Å². The van der Waals surface area contributed by atoms with Crippen LogP contribution in [0.25, 0.3) is 0 Å². The molecule has 1 atom stereocenters. The van der Waals surface area contributed by atoms with Crippen LogP contribution in [0.1, 0.15) is 58.1 Å². The number of hydrogen-bond donors (Lipinski definition) is 1. The lowest BCUT2D eigenvalue weighted by Gasteiger charge is -2.34. The summed E-state index contributed by atoms with van der Waals surface area (Å²) in [5.74, 6) is 0.970. The van der Waals surface area contributed by atoms with Crippen LogP contribution < -0.4 is 10.5 Å². The molecule has 2 heteroatoms. The Kier molecular flexibility index (Phi) is 3.96. The van der Waals surface area contributed by atoms with Crippen molar-refractivity contribution in [1.29, 1.82) is 0 Å². The molecule has 1 aromatic rings. The van der Waals surface area contributed by atoms with Crippen molar-refractivity contribution in [2.75, 3.05) is 0 Å². The van der Waals surface area contributed by atoms with Crippen molar-refractivity contribution >= 4 is 0 Å². The van der Waals surface area contributed by atoms with Crippen molar-refractivity contribution in [1.82, 2.24) is 0 Å². The molecular formula is C16H25NO. The lowest BCUT2D eigenvalue weighted by Crippen LogP contribution is -2.28. The summed E-state index contributed by atoms with van der Waals surface area (Å²) in [6.07, 6.45) is 5.16. The zero-order chi connectivity index (χ0) is 13.2. The molecule has 2 N–H and O–H groups in total. The van der Waals surface area contributed by atoms with Gasteiger partial charge in [-0.05, 0) is 44.1 Å². The number of benzene rings is 1. The molecule has 1 saturated carbocycles. The molecule has 0 bridgehead atoms. The molecule has 0 radical (unpaired) electrons. The van der Waals surface area contributed by atoms with Gasteiger partial charge in [-0.15, -0.1) is 0 Å². The van der Waals surface area contributed by atoms with Crippen LogP contribution in [0.2, 0.25) is 0 Å². The Morgan fingerprint density at radius 2 is 1.83 bits per heavy atom. The fraction of sp³-hybridized carbons (Fsp3) is 0.625. The van der Waals surface area contributed by atoms with Gasteiger partial charge in [0.2, 0.25) is 0 Å². The number of ether oxygens (including phenoxy) is 1. The first-order valence-corrected chi connectivity index (χ1v) is 6.99. The zero-order valence-corrected chi connectivity index (χ0v) is 11.8. The molecule has 0 unspecified atom stereocenters. The molecule has 0 aromatic heterocycles. The fourth-order valence-corrected chi connectivity index (χ4v) is 2.63. The van der Waals surface area contributed by atoms with E-state index in [1.807, 2.05) is 25.1 Å². The summed E-state index contributed by atoms with van der Waals surface area (Å²) in [5, 5.41) is 0. The molecule has 2 rings (SSSR count). The number of para-hydroxylation sites is 1. The van der Waals surface area contributed by atoms with Crippen molar-refractivity contribution in [2.45, 2.75) is 58.6 Å². The monoisotopic (exact) mass is 247 g/mol. The van der Waals surface area contributed by atoms with Gasteiger partial charge in [0.1, 0.15) is 5.75 Å². The Morgan fingerprint density at radius 1 is 1.22 bits per heavy atom. The molecule has 0 aliphatic heterocycles. The minimum Gasteiger partial charge on any atom is -0.490 e. The van der Waals surface area contributed by atoms with Gasteiger partial charge in [-0.1, -0.05) is 32.0 Å². The van der Waals surface area contributed by atoms with E-state index in [0.29, 0.717) is 11.5 Å². The number of nitrogens with two attached hydrogens (primary N) is 1. The molecule has 1 aliphatic rings. The van der Waals surface area contributed by atoms with Crippen LogP contribution in [0.5, 0.6) is 5.75 Å². The zero-order valence-electron chi connectivity index (χ0n) is 11.8. The van der Waals surface area contributed by atoms with Gasteiger partial charge in [0.05, 0.1) is 6.10 Å². The maximum absolute atomic E-state index is 6.16. The lowest BCUT2D eigenvalue weighted by atomic mass is 9.76. The second-order valence-electron chi connectivity index (χ2n) is 6.31. The third-order valence-corrected chi connectivity index (χ3v) is 3.99. The third-order valence-electron chi connectivity index (χ3n) is 3.99. The van der Waals surface area contributed by atoms with E-state index in [9.17, 15) is 0 Å². The van der Waals surface area contributed by atoms with Crippen molar-refractivity contribution in [3.05, 3.63) is 29.8 Å². The SMILES string of the molecule is C[C@@H](N)c1ccccc1OC1CCC(C)(C)CC1. The quantitative estimate of drug-likeness (QED) is 0.874. The van der Waals surface area contributed by atoms with Crippen LogP contribution in [0, 0.1) is 5.41 Å². The summed E-state index contributed by atoms with van der Waals surface area (Å²) in [6.45, 7) is 6.70. The van der Waals surface area contributed by atoms with Crippen molar-refractivity contribution in [2.24, 2.45) is 11.1 Å². The minimum atomic E-state index is 0.0289. The highest BCUT2D eigenvalue weighted by molar-refractivity contribution is 5.35. The Labute approximate surface area is 111 Å². The van der Waals surface area contributed by atoms with Gasteiger partial charge < -0.3 is 10.5 Å². The van der Waals surface area contributed by atoms with E-state index in [-0.39, 0.29) is 6.04 Å². The van der Waals surface area contributed by atoms with Gasteiger partial charge in [0.25, 0.3) is 0 Å². The van der Waals surface area contributed by atoms with Crippen LogP contribution >= 0.6 is 0 Å². The van der Waals surface area contributed by atoms with Crippen molar-refractivity contribution in [3.8, 4) is 5.75 Å². The molecule has 0 heterocycles. The van der Waals surface area contributed by atoms with Gasteiger partial charge in [-0.25, -0.2) is 0 Å². The molecule has 1 fully saturated rings. The van der Waals surface area contributed by atoms with Gasteiger partial charge >= 0.3 is 0 Å². The largest absolute Gasteiger partial charge is 0.490 e. The van der Waals surface area contributed by atoms with Gasteiger partial charge in [0.15, 0.2) is 0 Å². The predicted molar refractivity (Wildman–Crippen MR) is 75.7 cm³/mol. The summed E-state index contributed by atoms with van der Waals surface area (Å²) in [7, 11) is 0. The number of hydrogen-bond acceptors (Lipinski definition) is 2. The molecule has 1 aliphatic carbocycles. The van der Waals surface area contributed by atoms with Gasteiger partial charge in [-0.3, -0.25) is 0 Å². The Morgan fingerprint density at radius 3 is 2.44 bits per heavy atom. The summed E-state index contributed by atoms with van der Waals surface area (Å²) < 4.78 is 6.16. The molecular weight excluding hydrogens is 222 g/mol. The highest BCUT2D eigenvalue weighted by Gasteiger charge is 2.28. The summed E-state index contributed by atoms with van der Waals surface area (Å²) in [6, 6.07) is 8.18. The average molecular weight is 247 g/mol. The maximum Gasteiger partial charge on any atom is 0.124 e. The first-order chi connectivity index (χ1) is 8.48. The van der Waals surface area contributed by atoms with Crippen LogP contribution in [0.3, 0.4) is 0 Å². The molecule has 100 valence electrons. The second kappa shape index (κ2) is 5.31. The normalized spacial score (nSPS) is 21.6. The Hall–Kier alpha value is -1.02. The highest BCUT2D eigenvalue weighted by Crippen LogP contribution is 2.37. The Balaban J connectivity index is 2.02. The van der Waals surface area contributed by atoms with Crippen LogP contribution in [0.15, 0.2) is 24.3 Å². The number of rotatable bonds is 3. The predicted octanol–water partition coefficient (Wildman–Crippen LogP) is 4.05. The van der Waals surface area contributed by atoms with Crippen molar-refractivity contribution < 1.29 is 4.74 Å². The van der Waals surface area contributed by atoms with Gasteiger partial charge in [0, 0.05) is 11.6 Å². The lowest BCUT2D eigenvalue weighted by molar-refractivity contribution is 0.0977. The van der Waals surface area contributed by atoms with E-state index in [0.717, 1.165) is 24.2 Å². The molecule has 1 aromatic carbocycles. The summed E-state index contributed by atoms with van der Waals surface area (Å²) in [5.41, 5.74) is 7.58. The average Bonchev–Trinajstić information content (AvgIpc) is 2.32. The first kappa shape index (κ1) is 13.4. The summed E-state index contributed by atoms with van der Waals surface area (Å²) in [4.78, 5) is 0. The molecule has 0 spiro atoms. The van der Waals surface area contributed by atoms with Crippen LogP contribution in [0.4, 0.5) is 0 Å².